The van der Waals surface area contributed by atoms with Crippen molar-refractivity contribution in [2.45, 2.75) is 6.37 Å². The van der Waals surface area contributed by atoms with Crippen molar-refractivity contribution >= 4 is 11.5 Å². The smallest absolute Gasteiger partial charge is 0.231 e. The van der Waals surface area contributed by atoms with Gasteiger partial charge in [0.1, 0.15) is 5.71 Å². The van der Waals surface area contributed by atoms with Crippen LogP contribution < -0.4 is 9.47 Å². The summed E-state index contributed by atoms with van der Waals surface area (Å²) in [6.45, 7) is 0.0519. The molecule has 0 bridgehead atoms. The zero-order chi connectivity index (χ0) is 12.2. The first-order chi connectivity index (χ1) is 8.05. The highest BCUT2D eigenvalue weighted by Crippen LogP contribution is 2.37. The van der Waals surface area contributed by atoms with Crippen molar-refractivity contribution in [1.82, 2.24) is 0 Å². The van der Waals surface area contributed by atoms with Crippen molar-refractivity contribution in [3.63, 3.8) is 0 Å². The second-order valence-corrected chi connectivity index (χ2v) is 3.15. The Hall–Kier alpha value is -2.04. The Kier molecular flexibility index (Phi) is 1.17. The number of hydrogen-bond acceptors (Lipinski definition) is 5. The van der Waals surface area contributed by atoms with Crippen molar-refractivity contribution in [3.8, 4) is 11.5 Å². The average molecular weight is 207 g/mol. The molecule has 0 radical (unpaired) electrons. The SMILES string of the molecule is [2H]C1([2H])/C(=N/O)C(=O)c2cc3c(cc21)OCO3. The highest BCUT2D eigenvalue weighted by Gasteiger charge is 2.30. The Morgan fingerprint density at radius 3 is 2.87 bits per heavy atom. The van der Waals surface area contributed by atoms with Crippen LogP contribution in [0, 0.1) is 0 Å². The molecule has 1 aliphatic heterocycles. The maximum atomic E-state index is 11.8. The number of fused-ring (bicyclic) bond motifs is 2. The Morgan fingerprint density at radius 1 is 1.40 bits per heavy atom. The van der Waals surface area contributed by atoms with E-state index < -0.39 is 17.9 Å². The lowest BCUT2D eigenvalue weighted by atomic mass is 10.1. The minimum absolute atomic E-state index is 0.0519. The van der Waals surface area contributed by atoms with E-state index in [1.807, 2.05) is 0 Å². The number of carbonyl (C=O) groups excluding carboxylic acids is 1. The number of oxime groups is 1. The molecule has 15 heavy (non-hydrogen) atoms. The lowest BCUT2D eigenvalue weighted by Crippen LogP contribution is -2.06. The van der Waals surface area contributed by atoms with Gasteiger partial charge in [0.2, 0.25) is 12.6 Å². The molecule has 1 N–H and O–H groups in total. The third-order valence-corrected chi connectivity index (χ3v) is 2.33. The second-order valence-electron chi connectivity index (χ2n) is 3.15. The van der Waals surface area contributed by atoms with Crippen LogP contribution in [-0.2, 0) is 6.37 Å². The van der Waals surface area contributed by atoms with E-state index in [-0.39, 0.29) is 17.9 Å². The van der Waals surface area contributed by atoms with Crippen molar-refractivity contribution in [2.24, 2.45) is 5.16 Å². The predicted molar refractivity (Wildman–Crippen MR) is 49.8 cm³/mol. The number of nitrogens with zero attached hydrogens (tertiary/aromatic N) is 1. The van der Waals surface area contributed by atoms with E-state index in [9.17, 15) is 4.79 Å². The van der Waals surface area contributed by atoms with Crippen LogP contribution in [0.4, 0.5) is 0 Å². The largest absolute Gasteiger partial charge is 0.454 e. The van der Waals surface area contributed by atoms with E-state index in [0.717, 1.165) is 0 Å². The number of ketones is 1. The molecule has 2 aliphatic rings. The molecular weight excluding hydrogens is 198 g/mol. The zero-order valence-corrected chi connectivity index (χ0v) is 7.48. The minimum atomic E-state index is -2.11. The van der Waals surface area contributed by atoms with Crippen molar-refractivity contribution in [2.75, 3.05) is 6.79 Å². The van der Waals surface area contributed by atoms with Crippen LogP contribution in [0.25, 0.3) is 0 Å². The summed E-state index contributed by atoms with van der Waals surface area (Å²) in [7, 11) is 0. The summed E-state index contributed by atoms with van der Waals surface area (Å²) in [4.78, 5) is 11.8. The van der Waals surface area contributed by atoms with E-state index in [0.29, 0.717) is 11.5 Å². The van der Waals surface area contributed by atoms with Crippen LogP contribution in [0.15, 0.2) is 17.3 Å². The summed E-state index contributed by atoms with van der Waals surface area (Å²) in [5.41, 5.74) is -0.234. The second kappa shape index (κ2) is 2.73. The monoisotopic (exact) mass is 207 g/mol. The molecule has 1 aromatic rings. The molecule has 0 atom stereocenters. The molecule has 1 heterocycles. The van der Waals surface area contributed by atoms with Crippen LogP contribution >= 0.6 is 0 Å². The van der Waals surface area contributed by atoms with E-state index in [2.05, 4.69) is 5.16 Å². The van der Waals surface area contributed by atoms with Crippen LogP contribution in [0.1, 0.15) is 18.7 Å². The first-order valence-electron chi connectivity index (χ1n) is 5.27. The third kappa shape index (κ3) is 1.03. The van der Waals surface area contributed by atoms with Crippen LogP contribution in [-0.4, -0.2) is 23.5 Å². The predicted octanol–water partition coefficient (Wildman–Crippen LogP) is 0.984. The molecule has 0 amide bonds. The summed E-state index contributed by atoms with van der Waals surface area (Å²) in [5, 5.41) is 11.5. The molecule has 1 aliphatic carbocycles. The summed E-state index contributed by atoms with van der Waals surface area (Å²) >= 11 is 0. The highest BCUT2D eigenvalue weighted by molar-refractivity contribution is 6.49. The van der Waals surface area contributed by atoms with Gasteiger partial charge in [-0.3, -0.25) is 4.79 Å². The van der Waals surface area contributed by atoms with Crippen molar-refractivity contribution in [3.05, 3.63) is 23.3 Å². The molecule has 0 aromatic heterocycles. The molecule has 0 unspecified atom stereocenters. The van der Waals surface area contributed by atoms with Gasteiger partial charge in [0.15, 0.2) is 11.5 Å². The lowest BCUT2D eigenvalue weighted by Gasteiger charge is -1.99. The first-order valence-corrected chi connectivity index (χ1v) is 4.27. The number of benzene rings is 1. The highest BCUT2D eigenvalue weighted by atomic mass is 16.7. The number of rotatable bonds is 0. The Morgan fingerprint density at radius 2 is 2.13 bits per heavy atom. The van der Waals surface area contributed by atoms with Crippen molar-refractivity contribution < 1.29 is 22.2 Å². The van der Waals surface area contributed by atoms with Gasteiger partial charge in [-0.05, 0) is 17.7 Å². The van der Waals surface area contributed by atoms with Gasteiger partial charge in [-0.1, -0.05) is 5.16 Å². The zero-order valence-electron chi connectivity index (χ0n) is 9.48. The molecule has 3 rings (SSSR count). The maximum Gasteiger partial charge on any atom is 0.231 e. The molecule has 5 nitrogen and oxygen atoms in total. The quantitative estimate of drug-likeness (QED) is 0.508. The van der Waals surface area contributed by atoms with Gasteiger partial charge in [0.05, 0.1) is 0 Å². The Labute approximate surface area is 87.7 Å². The molecule has 5 heteroatoms. The van der Waals surface area contributed by atoms with Crippen LogP contribution in [0.3, 0.4) is 0 Å². The van der Waals surface area contributed by atoms with Crippen LogP contribution in [0.5, 0.6) is 11.5 Å². The molecule has 76 valence electrons. The molecule has 0 spiro atoms. The number of ether oxygens (including phenoxy) is 2. The maximum absolute atomic E-state index is 11.8. The van der Waals surface area contributed by atoms with Gasteiger partial charge < -0.3 is 14.7 Å². The first kappa shape index (κ1) is 6.44. The molecule has 1 aromatic carbocycles. The van der Waals surface area contributed by atoms with Gasteiger partial charge in [-0.2, -0.15) is 0 Å². The Balaban J connectivity index is 2.28. The fourth-order valence-corrected chi connectivity index (χ4v) is 1.62. The van der Waals surface area contributed by atoms with E-state index in [1.165, 1.54) is 12.1 Å². The lowest BCUT2D eigenvalue weighted by molar-refractivity contribution is 0.106. The molecule has 0 fully saturated rings. The molecule has 0 saturated heterocycles. The third-order valence-electron chi connectivity index (χ3n) is 2.33. The summed E-state index contributed by atoms with van der Waals surface area (Å²) < 4.78 is 25.8. The summed E-state index contributed by atoms with van der Waals surface area (Å²) in [5.74, 6) is 0.150. The number of carbonyl (C=O) groups is 1. The topological polar surface area (TPSA) is 68.1 Å². The van der Waals surface area contributed by atoms with E-state index in [4.69, 9.17) is 17.4 Å². The molecule has 0 saturated carbocycles. The normalized spacial score (nSPS) is 25.1. The van der Waals surface area contributed by atoms with Gasteiger partial charge in [0, 0.05) is 14.7 Å². The minimum Gasteiger partial charge on any atom is -0.454 e. The summed E-state index contributed by atoms with van der Waals surface area (Å²) in [6.07, 6.45) is -2.11. The summed E-state index contributed by atoms with van der Waals surface area (Å²) in [6, 6.07) is 2.82. The fraction of sp³-hybridized carbons (Fsp3) is 0.200. The fourth-order valence-electron chi connectivity index (χ4n) is 1.62. The van der Waals surface area contributed by atoms with Gasteiger partial charge in [-0.25, -0.2) is 0 Å². The standard InChI is InChI=1S/C10H7NO4/c12-10-6-3-9-8(14-4-15-9)2-5(6)1-7(10)11-13/h2-3,13H,1,4H2/b11-7-/i1D2. The number of Topliss-reactive ketones (excluding diaryl/α,β-unsaturated/α-hetero) is 1. The van der Waals surface area contributed by atoms with Gasteiger partial charge in [0.25, 0.3) is 0 Å². The van der Waals surface area contributed by atoms with Crippen LogP contribution in [0.2, 0.25) is 0 Å². The number of hydrogen-bond donors (Lipinski definition) is 1. The van der Waals surface area contributed by atoms with E-state index in [1.54, 1.807) is 0 Å². The average Bonchev–Trinajstić information content (AvgIpc) is 2.80. The molecular formula is C10H7NO4. The van der Waals surface area contributed by atoms with Crippen molar-refractivity contribution in [1.29, 1.82) is 0 Å². The van der Waals surface area contributed by atoms with E-state index >= 15 is 0 Å². The van der Waals surface area contributed by atoms with Gasteiger partial charge >= 0.3 is 0 Å². The Bertz CT molecular complexity index is 568. The van der Waals surface area contributed by atoms with Gasteiger partial charge in [-0.15, -0.1) is 0 Å².